The summed E-state index contributed by atoms with van der Waals surface area (Å²) in [4.78, 5) is 0. The maximum Gasteiger partial charge on any atom is 0.126 e. The Morgan fingerprint density at radius 1 is 1.36 bits per heavy atom. The molecule has 1 aliphatic carbocycles. The van der Waals surface area contributed by atoms with Crippen LogP contribution in [-0.4, -0.2) is 15.5 Å². The van der Waals surface area contributed by atoms with Crippen molar-refractivity contribution in [1.29, 1.82) is 0 Å². The number of aliphatic hydroxyl groups is 1. The lowest BCUT2D eigenvalue weighted by molar-refractivity contribution is 0.0979. The fourth-order valence-corrected chi connectivity index (χ4v) is 2.23. The smallest absolute Gasteiger partial charge is 0.126 e. The topological polar surface area (TPSA) is 20.2 Å². The summed E-state index contributed by atoms with van der Waals surface area (Å²) in [7, 11) is 0. The van der Waals surface area contributed by atoms with Crippen molar-refractivity contribution in [2.24, 2.45) is 17.8 Å². The molecule has 3 heteroatoms. The minimum atomic E-state index is -0.677. The summed E-state index contributed by atoms with van der Waals surface area (Å²) in [5.41, 5.74) is 0. The first-order valence-electron chi connectivity index (χ1n) is 3.95. The molecule has 0 spiro atoms. The molecule has 1 nitrogen and oxygen atoms in total. The van der Waals surface area contributed by atoms with E-state index in [9.17, 15) is 5.11 Å². The fraction of sp³-hybridized carbons (Fsp3) is 1.00. The van der Waals surface area contributed by atoms with Crippen LogP contribution < -0.4 is 0 Å². The van der Waals surface area contributed by atoms with E-state index < -0.39 is 4.33 Å². The minimum absolute atomic E-state index is 0.0610. The van der Waals surface area contributed by atoms with Gasteiger partial charge in [-0.05, 0) is 11.8 Å². The lowest BCUT2D eigenvalue weighted by Gasteiger charge is -2.13. The Bertz CT molecular complexity index is 156. The van der Waals surface area contributed by atoms with Gasteiger partial charge < -0.3 is 5.11 Å². The second kappa shape index (κ2) is 2.79. The van der Waals surface area contributed by atoms with E-state index in [4.69, 9.17) is 23.2 Å². The van der Waals surface area contributed by atoms with E-state index in [-0.39, 0.29) is 23.9 Å². The third-order valence-corrected chi connectivity index (χ3v) is 3.72. The van der Waals surface area contributed by atoms with E-state index in [1.54, 1.807) is 0 Å². The van der Waals surface area contributed by atoms with Crippen LogP contribution in [0, 0.1) is 17.8 Å². The second-order valence-corrected chi connectivity index (χ2v) is 5.17. The van der Waals surface area contributed by atoms with Gasteiger partial charge in [0.2, 0.25) is 0 Å². The molecule has 0 aromatic carbocycles. The highest BCUT2D eigenvalue weighted by molar-refractivity contribution is 6.51. The van der Waals surface area contributed by atoms with Crippen LogP contribution in [0.3, 0.4) is 0 Å². The molecule has 11 heavy (non-hydrogen) atoms. The van der Waals surface area contributed by atoms with E-state index in [1.807, 2.05) is 20.8 Å². The van der Waals surface area contributed by atoms with E-state index in [2.05, 4.69) is 0 Å². The highest BCUT2D eigenvalue weighted by atomic mass is 35.5. The first-order chi connectivity index (χ1) is 4.89. The lowest BCUT2D eigenvalue weighted by atomic mass is 10.0. The zero-order chi connectivity index (χ0) is 8.81. The molecule has 1 N–H and O–H groups in total. The minimum Gasteiger partial charge on any atom is -0.392 e. The Morgan fingerprint density at radius 2 is 1.73 bits per heavy atom. The summed E-state index contributed by atoms with van der Waals surface area (Å²) < 4.78 is -0.677. The predicted molar refractivity (Wildman–Crippen MR) is 47.9 cm³/mol. The van der Waals surface area contributed by atoms with Gasteiger partial charge in [-0.3, -0.25) is 0 Å². The van der Waals surface area contributed by atoms with Gasteiger partial charge in [0, 0.05) is 5.92 Å². The summed E-state index contributed by atoms with van der Waals surface area (Å²) in [6, 6.07) is 0. The highest BCUT2D eigenvalue weighted by Crippen LogP contribution is 2.61. The maximum atomic E-state index is 9.60. The van der Waals surface area contributed by atoms with Gasteiger partial charge in [0.25, 0.3) is 0 Å². The van der Waals surface area contributed by atoms with E-state index in [0.717, 1.165) is 0 Å². The average molecular weight is 197 g/mol. The molecule has 1 fully saturated rings. The largest absolute Gasteiger partial charge is 0.392 e. The zero-order valence-corrected chi connectivity index (χ0v) is 8.52. The van der Waals surface area contributed by atoms with Crippen LogP contribution in [0.25, 0.3) is 0 Å². The summed E-state index contributed by atoms with van der Waals surface area (Å²) >= 11 is 11.8. The van der Waals surface area contributed by atoms with Crippen LogP contribution >= 0.6 is 23.2 Å². The molecule has 3 atom stereocenters. The quantitative estimate of drug-likeness (QED) is 0.674. The van der Waals surface area contributed by atoms with Crippen molar-refractivity contribution in [2.45, 2.75) is 31.2 Å². The second-order valence-electron chi connectivity index (χ2n) is 3.72. The average Bonchev–Trinajstić information content (AvgIpc) is 2.32. The van der Waals surface area contributed by atoms with Gasteiger partial charge in [-0.25, -0.2) is 0 Å². The van der Waals surface area contributed by atoms with Crippen molar-refractivity contribution in [3.63, 3.8) is 0 Å². The molecule has 0 aliphatic heterocycles. The van der Waals surface area contributed by atoms with Crippen molar-refractivity contribution in [2.75, 3.05) is 0 Å². The molecular formula is C8H14Cl2O. The van der Waals surface area contributed by atoms with E-state index >= 15 is 0 Å². The number of hydrogen-bond acceptors (Lipinski definition) is 1. The number of halogens is 2. The molecular weight excluding hydrogens is 183 g/mol. The van der Waals surface area contributed by atoms with Gasteiger partial charge in [0.1, 0.15) is 4.33 Å². The monoisotopic (exact) mass is 196 g/mol. The van der Waals surface area contributed by atoms with Crippen LogP contribution in [0.15, 0.2) is 0 Å². The predicted octanol–water partition coefficient (Wildman–Crippen LogP) is 2.44. The molecule has 0 radical (unpaired) electrons. The standard InChI is InChI=1S/C8H14Cl2O/c1-4(2)7(11)6-5(3)8(6,9)10/h4-7,11H,1-3H3. The van der Waals surface area contributed by atoms with Gasteiger partial charge in [0.05, 0.1) is 6.10 Å². The van der Waals surface area contributed by atoms with Crippen LogP contribution in [-0.2, 0) is 0 Å². The van der Waals surface area contributed by atoms with Crippen molar-refractivity contribution < 1.29 is 5.11 Å². The Labute approximate surface area is 77.7 Å². The van der Waals surface area contributed by atoms with Crippen molar-refractivity contribution in [3.8, 4) is 0 Å². The van der Waals surface area contributed by atoms with Gasteiger partial charge in [-0.1, -0.05) is 20.8 Å². The van der Waals surface area contributed by atoms with Crippen LogP contribution in [0.2, 0.25) is 0 Å². The third kappa shape index (κ3) is 1.51. The number of aliphatic hydroxyl groups excluding tert-OH is 1. The molecule has 1 aliphatic rings. The van der Waals surface area contributed by atoms with E-state index in [0.29, 0.717) is 0 Å². The van der Waals surface area contributed by atoms with Crippen molar-refractivity contribution >= 4 is 23.2 Å². The zero-order valence-electron chi connectivity index (χ0n) is 7.01. The molecule has 66 valence electrons. The molecule has 0 aromatic heterocycles. The van der Waals surface area contributed by atoms with Gasteiger partial charge in [-0.15, -0.1) is 23.2 Å². The molecule has 1 rings (SSSR count). The normalized spacial score (nSPS) is 37.4. The summed E-state index contributed by atoms with van der Waals surface area (Å²) in [6.07, 6.45) is -0.361. The molecule has 0 amide bonds. The van der Waals surface area contributed by atoms with Gasteiger partial charge in [0.15, 0.2) is 0 Å². The fourth-order valence-electron chi connectivity index (χ4n) is 1.45. The van der Waals surface area contributed by atoms with Crippen LogP contribution in [0.5, 0.6) is 0 Å². The Balaban J connectivity index is 2.53. The lowest BCUT2D eigenvalue weighted by Crippen LogP contribution is -2.20. The summed E-state index contributed by atoms with van der Waals surface area (Å²) in [5.74, 6) is 0.524. The summed E-state index contributed by atoms with van der Waals surface area (Å²) in [5, 5.41) is 9.60. The first kappa shape index (κ1) is 9.63. The van der Waals surface area contributed by atoms with Gasteiger partial charge in [-0.2, -0.15) is 0 Å². The van der Waals surface area contributed by atoms with Crippen LogP contribution in [0.1, 0.15) is 20.8 Å². The summed E-state index contributed by atoms with van der Waals surface area (Å²) in [6.45, 7) is 5.91. The molecule has 3 unspecified atom stereocenters. The molecule has 0 heterocycles. The first-order valence-corrected chi connectivity index (χ1v) is 4.70. The Morgan fingerprint density at radius 3 is 1.82 bits per heavy atom. The molecule has 0 bridgehead atoms. The van der Waals surface area contributed by atoms with Gasteiger partial charge >= 0.3 is 0 Å². The highest BCUT2D eigenvalue weighted by Gasteiger charge is 2.63. The SMILES string of the molecule is CC(C)C(O)C1C(C)C1(Cl)Cl. The molecule has 0 aromatic rings. The van der Waals surface area contributed by atoms with Crippen molar-refractivity contribution in [3.05, 3.63) is 0 Å². The van der Waals surface area contributed by atoms with Crippen LogP contribution in [0.4, 0.5) is 0 Å². The van der Waals surface area contributed by atoms with E-state index in [1.165, 1.54) is 0 Å². The molecule has 1 saturated carbocycles. The number of hydrogen-bond donors (Lipinski definition) is 1. The number of rotatable bonds is 2. The Hall–Kier alpha value is 0.540. The number of alkyl halides is 2. The third-order valence-electron chi connectivity index (χ3n) is 2.53. The van der Waals surface area contributed by atoms with Crippen molar-refractivity contribution in [1.82, 2.24) is 0 Å². The molecule has 0 saturated heterocycles. The Kier molecular flexibility index (Phi) is 2.44. The maximum absolute atomic E-state index is 9.60.